The van der Waals surface area contributed by atoms with Crippen molar-refractivity contribution in [2.75, 3.05) is 4.90 Å². The highest BCUT2D eigenvalue weighted by Gasteiger charge is 2.47. The number of aliphatic hydroxyl groups is 1. The molecule has 1 fully saturated rings. The van der Waals surface area contributed by atoms with E-state index in [1.54, 1.807) is 25.1 Å². The summed E-state index contributed by atoms with van der Waals surface area (Å²) in [6.45, 7) is 7.79. The Morgan fingerprint density at radius 2 is 1.54 bits per heavy atom. The molecule has 1 atom stereocenters. The monoisotopic (exact) mass is 511 g/mol. The summed E-state index contributed by atoms with van der Waals surface area (Å²) in [4.78, 5) is 27.4. The fraction of sp³-hybridized carbons (Fsp3) is 0.259. The minimum Gasteiger partial charge on any atom is -0.507 e. The minimum absolute atomic E-state index is 0.0513. The first kappa shape index (κ1) is 25.9. The second-order valence-corrected chi connectivity index (χ2v) is 9.65. The molecule has 0 radical (unpaired) electrons. The molecule has 0 aliphatic carbocycles. The molecular weight excluding hydrogens is 487 g/mol. The van der Waals surface area contributed by atoms with Gasteiger partial charge in [0, 0.05) is 5.56 Å². The third kappa shape index (κ3) is 5.32. The van der Waals surface area contributed by atoms with Crippen molar-refractivity contribution in [2.24, 2.45) is 0 Å². The van der Waals surface area contributed by atoms with Crippen molar-refractivity contribution < 1.29 is 32.6 Å². The van der Waals surface area contributed by atoms with E-state index in [2.05, 4.69) is 14.9 Å². The first-order valence-corrected chi connectivity index (χ1v) is 11.3. The van der Waals surface area contributed by atoms with Gasteiger partial charge < -0.3 is 9.84 Å². The van der Waals surface area contributed by atoms with Crippen LogP contribution in [0.15, 0.2) is 66.2 Å². The Kier molecular flexibility index (Phi) is 6.53. The second kappa shape index (κ2) is 9.34. The number of amides is 1. The number of nitrogens with zero attached hydrogens (tertiary/aromatic N) is 3. The van der Waals surface area contributed by atoms with Gasteiger partial charge in [0.1, 0.15) is 11.5 Å². The second-order valence-electron chi connectivity index (χ2n) is 9.65. The highest BCUT2D eigenvalue weighted by molar-refractivity contribution is 6.51. The Labute approximate surface area is 211 Å². The molecule has 3 aromatic rings. The first-order valence-electron chi connectivity index (χ1n) is 11.3. The Morgan fingerprint density at radius 3 is 2.05 bits per heavy atom. The molecule has 1 amide bonds. The normalized spacial score (nSPS) is 17.8. The van der Waals surface area contributed by atoms with Gasteiger partial charge in [0.05, 0.1) is 17.3 Å². The maximum absolute atomic E-state index is 13.2. The van der Waals surface area contributed by atoms with E-state index in [4.69, 9.17) is 0 Å². The largest absolute Gasteiger partial charge is 0.573 e. The number of Topliss-reactive ketones (excluding diaryl/α,β-unsaturated/α-hetero) is 1. The molecule has 1 aliphatic heterocycles. The zero-order valence-electron chi connectivity index (χ0n) is 20.5. The fourth-order valence-corrected chi connectivity index (χ4v) is 4.04. The summed E-state index contributed by atoms with van der Waals surface area (Å²) in [6, 6.07) is 13.6. The summed E-state index contributed by atoms with van der Waals surface area (Å²) in [5.74, 6) is -2.74. The van der Waals surface area contributed by atoms with E-state index < -0.39 is 35.6 Å². The summed E-state index contributed by atoms with van der Waals surface area (Å²) >= 11 is 0. The Hall–Kier alpha value is -4.21. The van der Waals surface area contributed by atoms with Crippen LogP contribution in [0.25, 0.3) is 5.76 Å². The average Bonchev–Trinajstić information content (AvgIpc) is 3.08. The molecule has 0 spiro atoms. The number of hydrogen-bond donors (Lipinski definition) is 1. The lowest BCUT2D eigenvalue weighted by atomic mass is 9.86. The number of aliphatic hydroxyl groups excluding tert-OH is 1. The number of ether oxygens (including phenoxy) is 1. The summed E-state index contributed by atoms with van der Waals surface area (Å²) in [5.41, 5.74) is 1.78. The van der Waals surface area contributed by atoms with Gasteiger partial charge >= 0.3 is 12.3 Å². The van der Waals surface area contributed by atoms with Gasteiger partial charge in [0.25, 0.3) is 5.78 Å². The van der Waals surface area contributed by atoms with Crippen molar-refractivity contribution in [1.29, 1.82) is 0 Å². The Morgan fingerprint density at radius 1 is 0.919 bits per heavy atom. The molecule has 1 aliphatic rings. The average molecular weight is 512 g/mol. The van der Waals surface area contributed by atoms with Gasteiger partial charge in [0.2, 0.25) is 0 Å². The molecule has 1 aromatic heterocycles. The highest BCUT2D eigenvalue weighted by atomic mass is 19.4. The smallest absolute Gasteiger partial charge is 0.507 e. The molecule has 0 unspecified atom stereocenters. The van der Waals surface area contributed by atoms with Crippen molar-refractivity contribution >= 4 is 23.3 Å². The lowest BCUT2D eigenvalue weighted by Crippen LogP contribution is -2.30. The predicted molar refractivity (Wildman–Crippen MR) is 130 cm³/mol. The van der Waals surface area contributed by atoms with Crippen LogP contribution >= 0.6 is 0 Å². The standard InChI is InChI=1S/C27H24F3N3O4/c1-15-5-14-20(32-31-15)33-22(16-8-12-19(13-9-16)37-27(28,29)30)21(24(35)25(33)36)23(34)17-6-10-18(11-7-17)26(2,3)4/h5-14,22,34H,1-4H3/t22-/m0/s1. The van der Waals surface area contributed by atoms with Crippen molar-refractivity contribution in [3.8, 4) is 5.75 Å². The van der Waals surface area contributed by atoms with Gasteiger partial charge in [-0.15, -0.1) is 18.3 Å². The Bertz CT molecular complexity index is 1360. The molecule has 7 nitrogen and oxygen atoms in total. The lowest BCUT2D eigenvalue weighted by Gasteiger charge is -2.24. The van der Waals surface area contributed by atoms with Crippen LogP contribution in [0.2, 0.25) is 0 Å². The van der Waals surface area contributed by atoms with Crippen molar-refractivity contribution in [1.82, 2.24) is 10.2 Å². The van der Waals surface area contributed by atoms with E-state index >= 15 is 0 Å². The van der Waals surface area contributed by atoms with Crippen LogP contribution in [0.5, 0.6) is 5.75 Å². The number of benzene rings is 2. The van der Waals surface area contributed by atoms with E-state index in [-0.39, 0.29) is 22.4 Å². The van der Waals surface area contributed by atoms with Gasteiger partial charge in [-0.2, -0.15) is 5.10 Å². The number of anilines is 1. The molecule has 10 heteroatoms. The zero-order valence-corrected chi connectivity index (χ0v) is 20.5. The highest BCUT2D eigenvalue weighted by Crippen LogP contribution is 2.42. The van der Waals surface area contributed by atoms with Crippen molar-refractivity contribution in [3.63, 3.8) is 0 Å². The lowest BCUT2D eigenvalue weighted by molar-refractivity contribution is -0.274. The number of hydrogen-bond acceptors (Lipinski definition) is 6. The van der Waals surface area contributed by atoms with Crippen molar-refractivity contribution in [2.45, 2.75) is 45.5 Å². The quantitative estimate of drug-likeness (QED) is 0.278. The summed E-state index contributed by atoms with van der Waals surface area (Å²) in [6.07, 6.45) is -4.88. The van der Waals surface area contributed by atoms with E-state index in [1.165, 1.54) is 18.2 Å². The summed E-state index contributed by atoms with van der Waals surface area (Å²) < 4.78 is 41.9. The van der Waals surface area contributed by atoms with Crippen LogP contribution < -0.4 is 9.64 Å². The molecule has 4 rings (SSSR count). The number of rotatable bonds is 4. The minimum atomic E-state index is -4.88. The molecule has 0 bridgehead atoms. The summed E-state index contributed by atoms with van der Waals surface area (Å²) in [5, 5.41) is 19.2. The zero-order chi connectivity index (χ0) is 27.1. The Balaban J connectivity index is 1.85. The first-order chi connectivity index (χ1) is 17.3. The maximum Gasteiger partial charge on any atom is 0.573 e. The van der Waals surface area contributed by atoms with E-state index in [1.807, 2.05) is 32.9 Å². The van der Waals surface area contributed by atoms with E-state index in [9.17, 15) is 27.9 Å². The van der Waals surface area contributed by atoms with Crippen LogP contribution in [0.3, 0.4) is 0 Å². The third-order valence-corrected chi connectivity index (χ3v) is 5.93. The van der Waals surface area contributed by atoms with Gasteiger partial charge in [-0.1, -0.05) is 57.2 Å². The van der Waals surface area contributed by atoms with Crippen LogP contribution in [0, 0.1) is 6.92 Å². The number of ketones is 1. The summed E-state index contributed by atoms with van der Waals surface area (Å²) in [7, 11) is 0. The number of carbonyl (C=O) groups is 2. The number of aryl methyl sites for hydroxylation is 1. The van der Waals surface area contributed by atoms with Crippen molar-refractivity contribution in [3.05, 3.63) is 88.6 Å². The number of halogens is 3. The molecule has 1 saturated heterocycles. The SMILES string of the molecule is Cc1ccc(N2C(=O)C(=O)C(=C(O)c3ccc(C(C)(C)C)cc3)[C@@H]2c2ccc(OC(F)(F)F)cc2)nn1. The molecule has 37 heavy (non-hydrogen) atoms. The van der Waals surface area contributed by atoms with Gasteiger partial charge in [0.15, 0.2) is 5.82 Å². The molecule has 0 saturated carbocycles. The van der Waals surface area contributed by atoms with Gasteiger partial charge in [-0.3, -0.25) is 14.5 Å². The topological polar surface area (TPSA) is 92.6 Å². The molecule has 2 heterocycles. The maximum atomic E-state index is 13.2. The van der Waals surface area contributed by atoms with Crippen LogP contribution in [0.4, 0.5) is 19.0 Å². The van der Waals surface area contributed by atoms with Gasteiger partial charge in [-0.25, -0.2) is 0 Å². The van der Waals surface area contributed by atoms with Crippen LogP contribution in [0.1, 0.15) is 49.2 Å². The number of aromatic nitrogens is 2. The molecule has 2 aromatic carbocycles. The predicted octanol–water partition coefficient (Wildman–Crippen LogP) is 5.61. The molecule has 1 N–H and O–H groups in total. The van der Waals surface area contributed by atoms with E-state index in [0.717, 1.165) is 22.6 Å². The molecular formula is C27H24F3N3O4. The van der Waals surface area contributed by atoms with Gasteiger partial charge in [-0.05, 0) is 47.7 Å². The van der Waals surface area contributed by atoms with Crippen LogP contribution in [-0.2, 0) is 15.0 Å². The third-order valence-electron chi connectivity index (χ3n) is 5.93. The number of alkyl halides is 3. The van der Waals surface area contributed by atoms with E-state index in [0.29, 0.717) is 11.3 Å². The number of carbonyl (C=O) groups excluding carboxylic acids is 2. The molecule has 192 valence electrons. The fourth-order valence-electron chi connectivity index (χ4n) is 4.04. The van der Waals surface area contributed by atoms with Crippen LogP contribution in [-0.4, -0.2) is 33.4 Å².